The van der Waals surface area contributed by atoms with Gasteiger partial charge in [-0.05, 0) is 12.1 Å². The maximum absolute atomic E-state index is 11.7. The normalized spacial score (nSPS) is 14.8. The molecule has 0 spiro atoms. The Kier molecular flexibility index (Phi) is 4.23. The highest BCUT2D eigenvalue weighted by molar-refractivity contribution is 5.91. The van der Waals surface area contributed by atoms with E-state index in [-0.39, 0.29) is 5.91 Å². The standard InChI is InChI=1S/C17H20N4O/c1-18-17(22)16-13-15(7-8-19-16)21-11-9-20(10-12-21)14-5-3-2-4-6-14/h2-8,13H,9-12H2,1H3,(H,18,22)/p+1. The zero-order valence-electron chi connectivity index (χ0n) is 12.7. The summed E-state index contributed by atoms with van der Waals surface area (Å²) in [6, 6.07) is 14.4. The number of anilines is 2. The molecule has 0 saturated carbocycles. The van der Waals surface area contributed by atoms with Crippen molar-refractivity contribution in [3.8, 4) is 0 Å². The van der Waals surface area contributed by atoms with E-state index in [0.717, 1.165) is 31.9 Å². The lowest BCUT2D eigenvalue weighted by Crippen LogP contribution is -2.46. The molecule has 2 N–H and O–H groups in total. The fraction of sp³-hybridized carbons (Fsp3) is 0.294. The molecule has 1 aliphatic rings. The summed E-state index contributed by atoms with van der Waals surface area (Å²) in [4.78, 5) is 19.4. The van der Waals surface area contributed by atoms with E-state index in [1.54, 1.807) is 7.05 Å². The topological polar surface area (TPSA) is 49.7 Å². The third-order valence-electron chi connectivity index (χ3n) is 4.02. The number of pyridine rings is 1. The van der Waals surface area contributed by atoms with Crippen molar-refractivity contribution in [3.05, 3.63) is 54.4 Å². The van der Waals surface area contributed by atoms with Gasteiger partial charge in [-0.1, -0.05) is 18.2 Å². The van der Waals surface area contributed by atoms with Crippen molar-refractivity contribution in [2.24, 2.45) is 0 Å². The Morgan fingerprint density at radius 2 is 1.64 bits per heavy atom. The maximum atomic E-state index is 11.7. The van der Waals surface area contributed by atoms with Crippen molar-refractivity contribution in [1.29, 1.82) is 0 Å². The highest BCUT2D eigenvalue weighted by Crippen LogP contribution is 2.19. The minimum atomic E-state index is -0.0928. The maximum Gasteiger partial charge on any atom is 0.315 e. The fourth-order valence-corrected chi connectivity index (χ4v) is 2.78. The molecule has 5 heteroatoms. The second-order valence-corrected chi connectivity index (χ2v) is 5.35. The number of carbonyl (C=O) groups excluding carboxylic acids is 1. The Morgan fingerprint density at radius 1 is 1.00 bits per heavy atom. The average molecular weight is 297 g/mol. The molecule has 5 nitrogen and oxygen atoms in total. The van der Waals surface area contributed by atoms with Gasteiger partial charge in [-0.3, -0.25) is 4.79 Å². The van der Waals surface area contributed by atoms with Crippen LogP contribution in [0.3, 0.4) is 0 Å². The first-order valence-corrected chi connectivity index (χ1v) is 7.56. The number of H-pyrrole nitrogens is 1. The molecule has 1 aromatic heterocycles. The second kappa shape index (κ2) is 6.47. The lowest BCUT2D eigenvalue weighted by atomic mass is 10.2. The lowest BCUT2D eigenvalue weighted by molar-refractivity contribution is -0.381. The molecule has 1 fully saturated rings. The Balaban J connectivity index is 1.68. The predicted molar refractivity (Wildman–Crippen MR) is 87.3 cm³/mol. The van der Waals surface area contributed by atoms with Crippen LogP contribution in [0.15, 0.2) is 48.7 Å². The van der Waals surface area contributed by atoms with Gasteiger partial charge in [0.2, 0.25) is 0 Å². The third-order valence-corrected chi connectivity index (χ3v) is 4.02. The summed E-state index contributed by atoms with van der Waals surface area (Å²) in [6.07, 6.45) is 1.82. The van der Waals surface area contributed by atoms with Crippen LogP contribution in [0.25, 0.3) is 0 Å². The van der Waals surface area contributed by atoms with Crippen LogP contribution in [-0.4, -0.2) is 39.1 Å². The van der Waals surface area contributed by atoms with Crippen LogP contribution in [0.1, 0.15) is 10.5 Å². The Bertz CT molecular complexity index is 636. The largest absolute Gasteiger partial charge is 0.368 e. The van der Waals surface area contributed by atoms with E-state index in [1.807, 2.05) is 24.4 Å². The van der Waals surface area contributed by atoms with Crippen molar-refractivity contribution < 1.29 is 9.78 Å². The zero-order valence-corrected chi connectivity index (χ0v) is 12.7. The molecule has 1 aliphatic heterocycles. The summed E-state index contributed by atoms with van der Waals surface area (Å²) >= 11 is 0. The smallest absolute Gasteiger partial charge is 0.315 e. The minimum absolute atomic E-state index is 0.0928. The van der Waals surface area contributed by atoms with Crippen LogP contribution in [0, 0.1) is 0 Å². The number of carbonyl (C=O) groups is 1. The van der Waals surface area contributed by atoms with E-state index < -0.39 is 0 Å². The van der Waals surface area contributed by atoms with Gasteiger partial charge in [-0.25, -0.2) is 4.98 Å². The van der Waals surface area contributed by atoms with Crippen LogP contribution >= 0.6 is 0 Å². The number of rotatable bonds is 3. The van der Waals surface area contributed by atoms with Crippen LogP contribution < -0.4 is 20.1 Å². The quantitative estimate of drug-likeness (QED) is 0.926. The minimum Gasteiger partial charge on any atom is -0.368 e. The molecule has 2 heterocycles. The van der Waals surface area contributed by atoms with Gasteiger partial charge < -0.3 is 15.1 Å². The molecule has 0 radical (unpaired) electrons. The molecule has 0 aliphatic carbocycles. The number of aromatic amines is 1. The first kappa shape index (κ1) is 14.4. The van der Waals surface area contributed by atoms with Crippen LogP contribution in [0.2, 0.25) is 0 Å². The molecule has 3 rings (SSSR count). The molecule has 22 heavy (non-hydrogen) atoms. The second-order valence-electron chi connectivity index (χ2n) is 5.35. The van der Waals surface area contributed by atoms with Gasteiger partial charge >= 0.3 is 5.91 Å². The Hall–Kier alpha value is -2.56. The Morgan fingerprint density at radius 3 is 2.27 bits per heavy atom. The lowest BCUT2D eigenvalue weighted by Gasteiger charge is -2.37. The first-order valence-electron chi connectivity index (χ1n) is 7.56. The molecule has 1 amide bonds. The van der Waals surface area contributed by atoms with Gasteiger partial charge in [0.25, 0.3) is 5.69 Å². The average Bonchev–Trinajstić information content (AvgIpc) is 2.62. The van der Waals surface area contributed by atoms with E-state index in [2.05, 4.69) is 44.4 Å². The number of amides is 1. The SMILES string of the molecule is CNC(=O)c1cc(N2CCN(c3ccccc3)CC2)cc[nH+]1. The van der Waals surface area contributed by atoms with Crippen LogP contribution in [0.5, 0.6) is 0 Å². The molecule has 0 unspecified atom stereocenters. The number of para-hydroxylation sites is 1. The number of hydrogen-bond donors (Lipinski definition) is 1. The molecule has 0 bridgehead atoms. The van der Waals surface area contributed by atoms with Crippen molar-refractivity contribution in [2.75, 3.05) is 43.0 Å². The van der Waals surface area contributed by atoms with E-state index in [1.165, 1.54) is 5.69 Å². The van der Waals surface area contributed by atoms with Gasteiger partial charge in [0.1, 0.15) is 0 Å². The number of piperazine rings is 1. The summed E-state index contributed by atoms with van der Waals surface area (Å²) in [7, 11) is 1.64. The van der Waals surface area contributed by atoms with Crippen LogP contribution in [0.4, 0.5) is 11.4 Å². The summed E-state index contributed by atoms with van der Waals surface area (Å²) in [5, 5.41) is 2.64. The molecule has 0 atom stereocenters. The van der Waals surface area contributed by atoms with Crippen molar-refractivity contribution in [1.82, 2.24) is 5.32 Å². The van der Waals surface area contributed by atoms with Gasteiger partial charge in [0.05, 0.1) is 0 Å². The molecule has 114 valence electrons. The Labute approximate surface area is 130 Å². The number of nitrogens with zero attached hydrogens (tertiary/aromatic N) is 2. The van der Waals surface area contributed by atoms with Gasteiger partial charge in [0, 0.05) is 56.7 Å². The highest BCUT2D eigenvalue weighted by atomic mass is 16.1. The summed E-state index contributed by atoms with van der Waals surface area (Å²) < 4.78 is 0. The van der Waals surface area contributed by atoms with E-state index in [4.69, 9.17) is 0 Å². The number of nitrogens with one attached hydrogen (secondary N) is 2. The fourth-order valence-electron chi connectivity index (χ4n) is 2.78. The monoisotopic (exact) mass is 297 g/mol. The summed E-state index contributed by atoms with van der Waals surface area (Å²) in [5.74, 6) is -0.0928. The summed E-state index contributed by atoms with van der Waals surface area (Å²) in [6.45, 7) is 3.87. The zero-order chi connectivity index (χ0) is 15.4. The van der Waals surface area contributed by atoms with E-state index in [0.29, 0.717) is 5.69 Å². The predicted octanol–water partition coefficient (Wildman–Crippen LogP) is 1.19. The van der Waals surface area contributed by atoms with Gasteiger partial charge in [-0.15, -0.1) is 0 Å². The van der Waals surface area contributed by atoms with Crippen LogP contribution in [-0.2, 0) is 0 Å². The van der Waals surface area contributed by atoms with Crippen molar-refractivity contribution in [2.45, 2.75) is 0 Å². The number of benzene rings is 1. The van der Waals surface area contributed by atoms with Gasteiger partial charge in [-0.2, -0.15) is 0 Å². The first-order chi connectivity index (χ1) is 10.8. The highest BCUT2D eigenvalue weighted by Gasteiger charge is 2.20. The van der Waals surface area contributed by atoms with Crippen molar-refractivity contribution >= 4 is 17.3 Å². The van der Waals surface area contributed by atoms with Gasteiger partial charge in [0.15, 0.2) is 6.20 Å². The molecular formula is C17H21N4O+. The van der Waals surface area contributed by atoms with Crippen molar-refractivity contribution in [3.63, 3.8) is 0 Å². The molecule has 2 aromatic rings. The van der Waals surface area contributed by atoms with E-state index in [9.17, 15) is 4.79 Å². The summed E-state index contributed by atoms with van der Waals surface area (Å²) in [5.41, 5.74) is 2.95. The molecular weight excluding hydrogens is 276 g/mol. The number of hydrogen-bond acceptors (Lipinski definition) is 3. The molecule has 1 aromatic carbocycles. The number of aromatic nitrogens is 1. The molecule has 1 saturated heterocycles. The van der Waals surface area contributed by atoms with E-state index >= 15 is 0 Å². The third kappa shape index (κ3) is 3.03.